The molecule has 162 valence electrons. The van der Waals surface area contributed by atoms with Crippen molar-refractivity contribution in [3.63, 3.8) is 0 Å². The Balaban J connectivity index is 1.48. The maximum Gasteiger partial charge on any atom is 0.286 e. The summed E-state index contributed by atoms with van der Waals surface area (Å²) in [6.45, 7) is 0.700. The van der Waals surface area contributed by atoms with Crippen LogP contribution < -0.4 is 5.32 Å². The normalized spacial score (nSPS) is 17.4. The molecule has 2 heterocycles. The fourth-order valence-electron chi connectivity index (χ4n) is 3.38. The first-order chi connectivity index (χ1) is 14.8. The van der Waals surface area contributed by atoms with E-state index in [1.807, 2.05) is 0 Å². The van der Waals surface area contributed by atoms with Crippen LogP contribution in [-0.2, 0) is 10.0 Å². The van der Waals surface area contributed by atoms with Gasteiger partial charge in [-0.2, -0.15) is 4.31 Å². The van der Waals surface area contributed by atoms with Crippen LogP contribution in [0.2, 0.25) is 10.0 Å². The smallest absolute Gasteiger partial charge is 0.286 e. The number of carbonyl (C=O) groups excluding carboxylic acids is 1. The standard InChI is InChI=1S/C20H18Cl2N4O3S2/c21-14-5-1-7-16(10-14)23-18(27)20-25-24-19(30-20)13-4-3-9-26(12-13)31(28,29)17-8-2-6-15(22)11-17/h1-2,5-8,10-11,13H,3-4,9,12H2,(H,23,27)/t13-/m1/s1. The van der Waals surface area contributed by atoms with E-state index in [2.05, 4.69) is 15.5 Å². The molecule has 1 amide bonds. The van der Waals surface area contributed by atoms with Crippen molar-refractivity contribution in [1.29, 1.82) is 0 Å². The van der Waals surface area contributed by atoms with Gasteiger partial charge in [0.05, 0.1) is 4.90 Å². The van der Waals surface area contributed by atoms with Crippen LogP contribution in [0.4, 0.5) is 5.69 Å². The number of hydrogen-bond acceptors (Lipinski definition) is 6. The third kappa shape index (κ3) is 5.07. The second-order valence-electron chi connectivity index (χ2n) is 7.07. The molecule has 0 saturated carbocycles. The lowest BCUT2D eigenvalue weighted by molar-refractivity contribution is 0.102. The summed E-state index contributed by atoms with van der Waals surface area (Å²) < 4.78 is 27.5. The van der Waals surface area contributed by atoms with Crippen molar-refractivity contribution in [3.8, 4) is 0 Å². The molecule has 2 aromatic carbocycles. The van der Waals surface area contributed by atoms with Gasteiger partial charge in [0.2, 0.25) is 15.0 Å². The number of aromatic nitrogens is 2. The fraction of sp³-hybridized carbons (Fsp3) is 0.250. The summed E-state index contributed by atoms with van der Waals surface area (Å²) in [6, 6.07) is 13.1. The van der Waals surface area contributed by atoms with Gasteiger partial charge in [0.25, 0.3) is 5.91 Å². The number of benzene rings is 2. The van der Waals surface area contributed by atoms with Crippen LogP contribution >= 0.6 is 34.5 Å². The van der Waals surface area contributed by atoms with Crippen molar-refractivity contribution in [1.82, 2.24) is 14.5 Å². The first-order valence-corrected chi connectivity index (χ1v) is 12.5. The number of hydrogen-bond donors (Lipinski definition) is 1. The van der Waals surface area contributed by atoms with Crippen LogP contribution in [0.3, 0.4) is 0 Å². The number of halogens is 2. The highest BCUT2D eigenvalue weighted by Crippen LogP contribution is 2.32. The number of sulfonamides is 1. The summed E-state index contributed by atoms with van der Waals surface area (Å²) in [5.74, 6) is -0.516. The van der Waals surface area contributed by atoms with Gasteiger partial charge in [0, 0.05) is 34.7 Å². The quantitative estimate of drug-likeness (QED) is 0.554. The molecule has 1 aliphatic heterocycles. The van der Waals surface area contributed by atoms with Crippen molar-refractivity contribution in [2.24, 2.45) is 0 Å². The number of anilines is 1. The number of nitrogens with zero attached hydrogens (tertiary/aromatic N) is 3. The summed E-state index contributed by atoms with van der Waals surface area (Å²) in [5.41, 5.74) is 0.561. The Kier molecular flexibility index (Phi) is 6.59. The highest BCUT2D eigenvalue weighted by atomic mass is 35.5. The lowest BCUT2D eigenvalue weighted by Gasteiger charge is -2.30. The van der Waals surface area contributed by atoms with E-state index in [1.165, 1.54) is 27.8 Å². The summed E-state index contributed by atoms with van der Waals surface area (Å²) in [7, 11) is -3.67. The third-order valence-electron chi connectivity index (χ3n) is 4.88. The van der Waals surface area contributed by atoms with Gasteiger partial charge in [-0.25, -0.2) is 8.42 Å². The van der Waals surface area contributed by atoms with Gasteiger partial charge in [-0.3, -0.25) is 4.79 Å². The first-order valence-electron chi connectivity index (χ1n) is 9.49. The number of nitrogens with one attached hydrogen (secondary N) is 1. The SMILES string of the molecule is O=C(Nc1cccc(Cl)c1)c1nnc([C@@H]2CCCN(S(=O)(=O)c3cccc(Cl)c3)C2)s1. The van der Waals surface area contributed by atoms with Crippen molar-refractivity contribution < 1.29 is 13.2 Å². The van der Waals surface area contributed by atoms with Gasteiger partial charge >= 0.3 is 0 Å². The highest BCUT2D eigenvalue weighted by Gasteiger charge is 2.33. The molecule has 1 fully saturated rings. The Labute approximate surface area is 194 Å². The van der Waals surface area contributed by atoms with Gasteiger partial charge in [-0.05, 0) is 49.2 Å². The van der Waals surface area contributed by atoms with Crippen molar-refractivity contribution in [3.05, 3.63) is 68.6 Å². The lowest BCUT2D eigenvalue weighted by Crippen LogP contribution is -2.39. The largest absolute Gasteiger partial charge is 0.320 e. The molecule has 4 rings (SSSR count). The van der Waals surface area contributed by atoms with Gasteiger partial charge in [-0.15, -0.1) is 10.2 Å². The fourth-order valence-corrected chi connectivity index (χ4v) is 6.26. The van der Waals surface area contributed by atoms with Crippen LogP contribution in [0.1, 0.15) is 33.6 Å². The van der Waals surface area contributed by atoms with E-state index in [9.17, 15) is 13.2 Å². The Hall–Kier alpha value is -2.04. The van der Waals surface area contributed by atoms with Crippen LogP contribution in [0, 0.1) is 0 Å². The lowest BCUT2D eigenvalue weighted by atomic mass is 10.0. The maximum absolute atomic E-state index is 13.0. The second kappa shape index (κ2) is 9.22. The molecule has 7 nitrogen and oxygen atoms in total. The number of rotatable bonds is 5. The molecule has 3 aromatic rings. The first kappa shape index (κ1) is 22.2. The molecule has 31 heavy (non-hydrogen) atoms. The zero-order valence-corrected chi connectivity index (χ0v) is 19.3. The minimum atomic E-state index is -3.67. The van der Waals surface area contributed by atoms with E-state index in [-0.39, 0.29) is 28.3 Å². The second-order valence-corrected chi connectivity index (χ2v) is 10.9. The zero-order valence-electron chi connectivity index (χ0n) is 16.2. The minimum Gasteiger partial charge on any atom is -0.320 e. The molecule has 1 atom stereocenters. The Bertz CT molecular complexity index is 1220. The van der Waals surface area contributed by atoms with Crippen LogP contribution in [0.5, 0.6) is 0 Å². The molecule has 1 aromatic heterocycles. The molecule has 0 radical (unpaired) electrons. The number of amides is 1. The van der Waals surface area contributed by atoms with Crippen LogP contribution in [0.15, 0.2) is 53.4 Å². The molecule has 11 heteroatoms. The molecular weight excluding hydrogens is 479 g/mol. The average molecular weight is 497 g/mol. The molecule has 1 saturated heterocycles. The molecule has 1 aliphatic rings. The zero-order chi connectivity index (χ0) is 22.0. The molecule has 1 N–H and O–H groups in total. The minimum absolute atomic E-state index is 0.132. The third-order valence-corrected chi connectivity index (χ3v) is 8.30. The van der Waals surface area contributed by atoms with Crippen LogP contribution in [0.25, 0.3) is 0 Å². The van der Waals surface area contributed by atoms with Gasteiger partial charge in [-0.1, -0.05) is 46.7 Å². The monoisotopic (exact) mass is 496 g/mol. The predicted molar refractivity (Wildman–Crippen MR) is 122 cm³/mol. The summed E-state index contributed by atoms with van der Waals surface area (Å²) in [6.07, 6.45) is 1.46. The van der Waals surface area contributed by atoms with Gasteiger partial charge in [0.15, 0.2) is 0 Å². The highest BCUT2D eigenvalue weighted by molar-refractivity contribution is 7.89. The molecule has 0 aliphatic carbocycles. The van der Waals surface area contributed by atoms with E-state index >= 15 is 0 Å². The molecular formula is C20H18Cl2N4O3S2. The average Bonchev–Trinajstić information content (AvgIpc) is 3.24. The molecule has 0 bridgehead atoms. The van der Waals surface area contributed by atoms with Crippen LogP contribution in [-0.4, -0.2) is 41.9 Å². The predicted octanol–water partition coefficient (Wildman–Crippen LogP) is 4.67. The van der Waals surface area contributed by atoms with Crippen molar-refractivity contribution in [2.45, 2.75) is 23.7 Å². The Morgan fingerprint density at radius 3 is 2.58 bits per heavy atom. The Morgan fingerprint density at radius 1 is 1.10 bits per heavy atom. The van der Waals surface area contributed by atoms with Gasteiger partial charge in [0.1, 0.15) is 5.01 Å². The summed E-state index contributed by atoms with van der Waals surface area (Å²) >= 11 is 13.1. The van der Waals surface area contributed by atoms with Crippen molar-refractivity contribution in [2.75, 3.05) is 18.4 Å². The topological polar surface area (TPSA) is 92.3 Å². The van der Waals surface area contributed by atoms with E-state index in [1.54, 1.807) is 36.4 Å². The number of carbonyl (C=O) groups is 1. The Morgan fingerprint density at radius 2 is 1.84 bits per heavy atom. The molecule has 0 spiro atoms. The van der Waals surface area contributed by atoms with E-state index in [4.69, 9.17) is 23.2 Å². The van der Waals surface area contributed by atoms with E-state index in [0.29, 0.717) is 33.7 Å². The van der Waals surface area contributed by atoms with Gasteiger partial charge < -0.3 is 5.32 Å². The summed E-state index contributed by atoms with van der Waals surface area (Å²) in [5, 5.41) is 12.6. The maximum atomic E-state index is 13.0. The molecule has 0 unspecified atom stereocenters. The van der Waals surface area contributed by atoms with E-state index < -0.39 is 10.0 Å². The summed E-state index contributed by atoms with van der Waals surface area (Å²) in [4.78, 5) is 12.7. The van der Waals surface area contributed by atoms with Crippen molar-refractivity contribution >= 4 is 56.2 Å². The number of piperidine rings is 1. The van der Waals surface area contributed by atoms with E-state index in [0.717, 1.165) is 6.42 Å².